The molecule has 0 saturated heterocycles. The number of rotatable bonds is 5. The van der Waals surface area contributed by atoms with Crippen LogP contribution in [0, 0.1) is 0 Å². The number of hydrogen-bond acceptors (Lipinski definition) is 7. The van der Waals surface area contributed by atoms with Gasteiger partial charge in [0.1, 0.15) is 0 Å². The van der Waals surface area contributed by atoms with Crippen LogP contribution < -0.4 is 5.32 Å². The van der Waals surface area contributed by atoms with Gasteiger partial charge in [-0.1, -0.05) is 12.1 Å². The number of para-hydroxylation sites is 1. The van der Waals surface area contributed by atoms with Crippen molar-refractivity contribution in [3.05, 3.63) is 47.8 Å². The third-order valence-electron chi connectivity index (χ3n) is 3.10. The number of nitrogens with zero attached hydrogens (tertiary/aromatic N) is 1. The largest absolute Gasteiger partial charge is 0.465 e. The monoisotopic (exact) mass is 332 g/mol. The highest BCUT2D eigenvalue weighted by Crippen LogP contribution is 2.31. The number of benzene rings is 1. The molecule has 7 heteroatoms. The van der Waals surface area contributed by atoms with Crippen LogP contribution in [0.5, 0.6) is 0 Å². The molecule has 0 spiro atoms. The number of anilines is 2. The second-order valence-corrected chi connectivity index (χ2v) is 5.24. The quantitative estimate of drug-likeness (QED) is 0.666. The maximum atomic E-state index is 12.0. The number of aromatic nitrogens is 1. The van der Waals surface area contributed by atoms with Gasteiger partial charge in [0, 0.05) is 11.1 Å². The zero-order chi connectivity index (χ0) is 16.8. The molecule has 0 radical (unpaired) electrons. The summed E-state index contributed by atoms with van der Waals surface area (Å²) in [5.74, 6) is -1.21. The lowest BCUT2D eigenvalue weighted by Gasteiger charge is -2.15. The van der Waals surface area contributed by atoms with Gasteiger partial charge in [-0.05, 0) is 24.5 Å². The third kappa shape index (κ3) is 3.62. The van der Waals surface area contributed by atoms with E-state index in [1.165, 1.54) is 38.2 Å². The Morgan fingerprint density at radius 3 is 2.43 bits per heavy atom. The minimum absolute atomic E-state index is 0.0197. The number of nitrogens with one attached hydrogen (secondary N) is 1. The molecule has 0 aliphatic carbocycles. The first-order chi connectivity index (χ1) is 11.1. The fourth-order valence-corrected chi connectivity index (χ4v) is 2.56. The predicted molar refractivity (Wildman–Crippen MR) is 88.4 cm³/mol. The summed E-state index contributed by atoms with van der Waals surface area (Å²) in [6.07, 6.45) is 3.30. The molecule has 6 nitrogen and oxygen atoms in total. The average Bonchev–Trinajstić information content (AvgIpc) is 2.61. The lowest BCUT2D eigenvalue weighted by molar-refractivity contribution is 0.0595. The number of pyridine rings is 1. The molecule has 0 aliphatic heterocycles. The van der Waals surface area contributed by atoms with Crippen molar-refractivity contribution >= 4 is 35.1 Å². The van der Waals surface area contributed by atoms with Gasteiger partial charge in [-0.3, -0.25) is 0 Å². The molecule has 0 saturated carbocycles. The van der Waals surface area contributed by atoms with E-state index >= 15 is 0 Å². The SMILES string of the molecule is COC(=O)c1ccnc(C(=O)OC)c1Nc1ccccc1SC. The number of thioether (sulfide) groups is 1. The standard InChI is InChI=1S/C16H16N2O4S/c1-21-15(19)10-8-9-17-14(16(20)22-2)13(10)18-11-6-4-5-7-12(11)23-3/h4-9,18H,1-3H3. The van der Waals surface area contributed by atoms with Crippen LogP contribution in [-0.4, -0.2) is 37.4 Å². The minimum Gasteiger partial charge on any atom is -0.465 e. The summed E-state index contributed by atoms with van der Waals surface area (Å²) >= 11 is 1.54. The third-order valence-corrected chi connectivity index (χ3v) is 3.90. The van der Waals surface area contributed by atoms with Crippen LogP contribution in [0.25, 0.3) is 0 Å². The summed E-state index contributed by atoms with van der Waals surface area (Å²) in [6.45, 7) is 0. The van der Waals surface area contributed by atoms with Gasteiger partial charge in [-0.15, -0.1) is 11.8 Å². The Hall–Kier alpha value is -2.54. The van der Waals surface area contributed by atoms with Crippen LogP contribution in [-0.2, 0) is 9.47 Å². The number of esters is 2. The van der Waals surface area contributed by atoms with E-state index in [4.69, 9.17) is 9.47 Å². The Morgan fingerprint density at radius 2 is 1.78 bits per heavy atom. The van der Waals surface area contributed by atoms with Crippen LogP contribution in [0.2, 0.25) is 0 Å². The zero-order valence-electron chi connectivity index (χ0n) is 13.0. The number of methoxy groups -OCH3 is 2. The molecule has 1 N–H and O–H groups in total. The van der Waals surface area contributed by atoms with E-state index in [1.54, 1.807) is 0 Å². The highest BCUT2D eigenvalue weighted by atomic mass is 32.2. The molecule has 0 amide bonds. The molecule has 0 fully saturated rings. The lowest BCUT2D eigenvalue weighted by atomic mass is 10.1. The zero-order valence-corrected chi connectivity index (χ0v) is 13.8. The second-order valence-electron chi connectivity index (χ2n) is 4.39. The van der Waals surface area contributed by atoms with Gasteiger partial charge >= 0.3 is 11.9 Å². The normalized spacial score (nSPS) is 10.0. The number of hydrogen-bond donors (Lipinski definition) is 1. The topological polar surface area (TPSA) is 77.5 Å². The predicted octanol–water partition coefficient (Wildman–Crippen LogP) is 3.12. The van der Waals surface area contributed by atoms with Gasteiger partial charge in [-0.25, -0.2) is 14.6 Å². The van der Waals surface area contributed by atoms with Crippen LogP contribution in [0.4, 0.5) is 11.4 Å². The summed E-state index contributed by atoms with van der Waals surface area (Å²) in [7, 11) is 2.54. The van der Waals surface area contributed by atoms with Crippen molar-refractivity contribution < 1.29 is 19.1 Å². The van der Waals surface area contributed by atoms with E-state index in [0.29, 0.717) is 0 Å². The van der Waals surface area contributed by atoms with Crippen molar-refractivity contribution in [3.8, 4) is 0 Å². The first kappa shape index (κ1) is 16.8. The fraction of sp³-hybridized carbons (Fsp3) is 0.188. The summed E-state index contributed by atoms with van der Waals surface area (Å²) < 4.78 is 9.52. The van der Waals surface area contributed by atoms with E-state index in [2.05, 4.69) is 10.3 Å². The molecule has 23 heavy (non-hydrogen) atoms. The molecule has 0 bridgehead atoms. The van der Waals surface area contributed by atoms with Gasteiger partial charge in [-0.2, -0.15) is 0 Å². The van der Waals surface area contributed by atoms with Crippen molar-refractivity contribution in [2.45, 2.75) is 4.90 Å². The Bertz CT molecular complexity index is 700. The van der Waals surface area contributed by atoms with E-state index in [1.807, 2.05) is 30.5 Å². The van der Waals surface area contributed by atoms with E-state index in [0.717, 1.165) is 10.6 Å². The van der Waals surface area contributed by atoms with Crippen molar-refractivity contribution in [2.24, 2.45) is 0 Å². The fourth-order valence-electron chi connectivity index (χ4n) is 2.00. The summed E-state index contributed by atoms with van der Waals surface area (Å²) in [5.41, 5.74) is 1.24. The van der Waals surface area contributed by atoms with Crippen molar-refractivity contribution in [3.63, 3.8) is 0 Å². The first-order valence-corrected chi connectivity index (χ1v) is 7.90. The maximum absolute atomic E-state index is 12.0. The van der Waals surface area contributed by atoms with Gasteiger partial charge in [0.05, 0.1) is 31.2 Å². The summed E-state index contributed by atoms with van der Waals surface area (Å²) in [5, 5.41) is 3.11. The van der Waals surface area contributed by atoms with Crippen molar-refractivity contribution in [1.82, 2.24) is 4.98 Å². The molecule has 1 aromatic heterocycles. The molecule has 1 aromatic carbocycles. The smallest absolute Gasteiger partial charge is 0.358 e. The van der Waals surface area contributed by atoms with Crippen LogP contribution in [0.15, 0.2) is 41.4 Å². The van der Waals surface area contributed by atoms with E-state index in [-0.39, 0.29) is 16.9 Å². The van der Waals surface area contributed by atoms with Gasteiger partial charge in [0.2, 0.25) is 0 Å². The molecule has 1 heterocycles. The van der Waals surface area contributed by atoms with E-state index in [9.17, 15) is 9.59 Å². The van der Waals surface area contributed by atoms with Gasteiger partial charge < -0.3 is 14.8 Å². The molecule has 0 aliphatic rings. The minimum atomic E-state index is -0.639. The van der Waals surface area contributed by atoms with Gasteiger partial charge in [0.25, 0.3) is 0 Å². The number of ether oxygens (including phenoxy) is 2. The van der Waals surface area contributed by atoms with E-state index < -0.39 is 11.9 Å². The maximum Gasteiger partial charge on any atom is 0.358 e. The molecular formula is C16H16N2O4S. The lowest BCUT2D eigenvalue weighted by Crippen LogP contribution is -2.14. The summed E-state index contributed by atoms with van der Waals surface area (Å²) in [4.78, 5) is 28.9. The number of carbonyl (C=O) groups excluding carboxylic acids is 2. The molecular weight excluding hydrogens is 316 g/mol. The molecule has 2 aromatic rings. The highest BCUT2D eigenvalue weighted by Gasteiger charge is 2.22. The molecule has 2 rings (SSSR count). The molecule has 0 atom stereocenters. The Labute approximate surface area is 138 Å². The molecule has 120 valence electrons. The average molecular weight is 332 g/mol. The first-order valence-electron chi connectivity index (χ1n) is 6.68. The Morgan fingerprint density at radius 1 is 1.09 bits per heavy atom. The van der Waals surface area contributed by atoms with Crippen LogP contribution >= 0.6 is 11.8 Å². The Kier molecular flexibility index (Phi) is 5.59. The van der Waals surface area contributed by atoms with Crippen LogP contribution in [0.1, 0.15) is 20.8 Å². The highest BCUT2D eigenvalue weighted by molar-refractivity contribution is 7.98. The number of carbonyl (C=O) groups is 2. The van der Waals surface area contributed by atoms with Crippen molar-refractivity contribution in [2.75, 3.05) is 25.8 Å². The summed E-state index contributed by atoms with van der Waals surface area (Å²) in [6, 6.07) is 9.03. The van der Waals surface area contributed by atoms with Crippen LogP contribution in [0.3, 0.4) is 0 Å². The second kappa shape index (κ2) is 7.64. The Balaban J connectivity index is 2.57. The van der Waals surface area contributed by atoms with Crippen molar-refractivity contribution in [1.29, 1.82) is 0 Å². The molecule has 0 unspecified atom stereocenters. The van der Waals surface area contributed by atoms with Gasteiger partial charge in [0.15, 0.2) is 5.69 Å².